The number of carbonyl (C=O) groups excluding carboxylic acids is 1. The Labute approximate surface area is 162 Å². The first-order valence-corrected chi connectivity index (χ1v) is 10.5. The van der Waals surface area contributed by atoms with Crippen LogP contribution in [0.3, 0.4) is 0 Å². The maximum absolute atomic E-state index is 12.4. The highest BCUT2D eigenvalue weighted by Crippen LogP contribution is 2.17. The molecule has 1 fully saturated rings. The van der Waals surface area contributed by atoms with Gasteiger partial charge in [0.1, 0.15) is 0 Å². The predicted molar refractivity (Wildman–Crippen MR) is 109 cm³/mol. The van der Waals surface area contributed by atoms with E-state index in [1.165, 1.54) is 11.1 Å². The molecular formula is C20H23BrN2OS. The molecule has 1 heterocycles. The van der Waals surface area contributed by atoms with Crippen molar-refractivity contribution in [2.24, 2.45) is 0 Å². The Bertz CT molecular complexity index is 670. The van der Waals surface area contributed by atoms with Gasteiger partial charge in [-0.05, 0) is 23.3 Å². The number of halogens is 1. The second-order valence-corrected chi connectivity index (χ2v) is 8.16. The molecule has 1 saturated heterocycles. The number of hydrogen-bond acceptors (Lipinski definition) is 3. The van der Waals surface area contributed by atoms with Crippen molar-refractivity contribution in [2.45, 2.75) is 12.3 Å². The third kappa shape index (κ3) is 5.87. The van der Waals surface area contributed by atoms with E-state index in [0.29, 0.717) is 5.75 Å². The number of thioether (sulfide) groups is 1. The fourth-order valence-electron chi connectivity index (χ4n) is 2.93. The van der Waals surface area contributed by atoms with Gasteiger partial charge in [0.25, 0.3) is 0 Å². The number of piperazine rings is 1. The normalized spacial score (nSPS) is 15.3. The van der Waals surface area contributed by atoms with Crippen LogP contribution in [0.4, 0.5) is 0 Å². The van der Waals surface area contributed by atoms with Gasteiger partial charge in [0, 0.05) is 42.9 Å². The van der Waals surface area contributed by atoms with Crippen LogP contribution < -0.4 is 0 Å². The van der Waals surface area contributed by atoms with Crippen LogP contribution in [-0.4, -0.2) is 47.6 Å². The third-order valence-corrected chi connectivity index (χ3v) is 5.90. The molecule has 3 rings (SSSR count). The van der Waals surface area contributed by atoms with Crippen molar-refractivity contribution in [2.75, 3.05) is 31.9 Å². The Morgan fingerprint density at radius 1 is 0.920 bits per heavy atom. The molecular weight excluding hydrogens is 396 g/mol. The van der Waals surface area contributed by atoms with E-state index in [9.17, 15) is 4.79 Å². The maximum Gasteiger partial charge on any atom is 0.232 e. The molecule has 1 amide bonds. The van der Waals surface area contributed by atoms with Crippen LogP contribution in [0.25, 0.3) is 0 Å². The molecule has 1 aliphatic heterocycles. The minimum atomic E-state index is 0.265. The summed E-state index contributed by atoms with van der Waals surface area (Å²) in [6, 6.07) is 18.8. The molecule has 0 atom stereocenters. The largest absolute Gasteiger partial charge is 0.339 e. The zero-order chi connectivity index (χ0) is 17.5. The van der Waals surface area contributed by atoms with Crippen molar-refractivity contribution in [1.82, 2.24) is 9.80 Å². The minimum absolute atomic E-state index is 0.265. The lowest BCUT2D eigenvalue weighted by Gasteiger charge is -2.34. The van der Waals surface area contributed by atoms with E-state index >= 15 is 0 Å². The van der Waals surface area contributed by atoms with Crippen LogP contribution in [0.2, 0.25) is 0 Å². The van der Waals surface area contributed by atoms with Crippen LogP contribution in [-0.2, 0) is 17.1 Å². The second kappa shape index (κ2) is 9.41. The number of hydrogen-bond donors (Lipinski definition) is 0. The lowest BCUT2D eigenvalue weighted by atomic mass is 10.2. The summed E-state index contributed by atoms with van der Waals surface area (Å²) in [4.78, 5) is 16.8. The fourth-order valence-corrected chi connectivity index (χ4v) is 4.08. The lowest BCUT2D eigenvalue weighted by Crippen LogP contribution is -2.48. The van der Waals surface area contributed by atoms with E-state index in [1.807, 2.05) is 23.1 Å². The first-order chi connectivity index (χ1) is 12.2. The molecule has 0 saturated carbocycles. The molecule has 25 heavy (non-hydrogen) atoms. The molecule has 0 N–H and O–H groups in total. The Kier molecular flexibility index (Phi) is 6.96. The van der Waals surface area contributed by atoms with E-state index in [4.69, 9.17) is 0 Å². The van der Waals surface area contributed by atoms with Crippen LogP contribution >= 0.6 is 27.7 Å². The Morgan fingerprint density at radius 3 is 2.28 bits per heavy atom. The molecule has 0 spiro atoms. The zero-order valence-corrected chi connectivity index (χ0v) is 16.6. The summed E-state index contributed by atoms with van der Waals surface area (Å²) < 4.78 is 1.09. The third-order valence-electron chi connectivity index (χ3n) is 4.38. The Balaban J connectivity index is 1.37. The molecule has 1 aliphatic rings. The van der Waals surface area contributed by atoms with Crippen LogP contribution in [0.15, 0.2) is 59.1 Å². The summed E-state index contributed by atoms with van der Waals surface area (Å²) in [6.07, 6.45) is 0. The number of amides is 1. The quantitative estimate of drug-likeness (QED) is 0.707. The SMILES string of the molecule is O=C(CSCc1ccc(Br)cc1)N1CCN(Cc2ccccc2)CC1. The standard InChI is InChI=1S/C20H23BrN2OS/c21-19-8-6-18(7-9-19)15-25-16-20(24)23-12-10-22(11-13-23)14-17-4-2-1-3-5-17/h1-9H,10-16H2. The highest BCUT2D eigenvalue weighted by molar-refractivity contribution is 9.10. The predicted octanol–water partition coefficient (Wildman–Crippen LogP) is 4.03. The molecule has 0 bridgehead atoms. The number of benzene rings is 2. The summed E-state index contributed by atoms with van der Waals surface area (Å²) in [5.74, 6) is 1.71. The first-order valence-electron chi connectivity index (χ1n) is 8.57. The minimum Gasteiger partial charge on any atom is -0.339 e. The van der Waals surface area contributed by atoms with Crippen molar-refractivity contribution in [3.63, 3.8) is 0 Å². The first kappa shape index (κ1) is 18.5. The topological polar surface area (TPSA) is 23.6 Å². The van der Waals surface area contributed by atoms with Crippen LogP contribution in [0.5, 0.6) is 0 Å². The van der Waals surface area contributed by atoms with Crippen molar-refractivity contribution in [1.29, 1.82) is 0 Å². The second-order valence-electron chi connectivity index (χ2n) is 6.26. The molecule has 5 heteroatoms. The molecule has 3 nitrogen and oxygen atoms in total. The van der Waals surface area contributed by atoms with Gasteiger partial charge in [-0.25, -0.2) is 0 Å². The van der Waals surface area contributed by atoms with Gasteiger partial charge in [0.15, 0.2) is 0 Å². The van der Waals surface area contributed by atoms with Crippen molar-refractivity contribution in [3.8, 4) is 0 Å². The van der Waals surface area contributed by atoms with Gasteiger partial charge in [-0.2, -0.15) is 0 Å². The fraction of sp³-hybridized carbons (Fsp3) is 0.350. The van der Waals surface area contributed by atoms with E-state index in [2.05, 4.69) is 57.2 Å². The molecule has 0 aliphatic carbocycles. The highest BCUT2D eigenvalue weighted by Gasteiger charge is 2.20. The summed E-state index contributed by atoms with van der Waals surface area (Å²) in [5, 5.41) is 0. The van der Waals surface area contributed by atoms with Gasteiger partial charge in [0.2, 0.25) is 5.91 Å². The van der Waals surface area contributed by atoms with Crippen molar-refractivity contribution in [3.05, 3.63) is 70.2 Å². The average Bonchev–Trinajstić information content (AvgIpc) is 2.65. The van der Waals surface area contributed by atoms with E-state index in [1.54, 1.807) is 11.8 Å². The summed E-state index contributed by atoms with van der Waals surface area (Å²) in [7, 11) is 0. The Hall–Kier alpha value is -1.30. The summed E-state index contributed by atoms with van der Waals surface area (Å²) >= 11 is 5.14. The van der Waals surface area contributed by atoms with Gasteiger partial charge in [0.05, 0.1) is 5.75 Å². The average molecular weight is 419 g/mol. The molecule has 2 aromatic carbocycles. The molecule has 132 valence electrons. The monoisotopic (exact) mass is 418 g/mol. The van der Waals surface area contributed by atoms with Gasteiger partial charge in [-0.1, -0.05) is 58.4 Å². The summed E-state index contributed by atoms with van der Waals surface area (Å²) in [5.41, 5.74) is 2.60. The molecule has 2 aromatic rings. The number of carbonyl (C=O) groups is 1. The van der Waals surface area contributed by atoms with Gasteiger partial charge >= 0.3 is 0 Å². The van der Waals surface area contributed by atoms with Gasteiger partial charge in [-0.3, -0.25) is 9.69 Å². The molecule has 0 aromatic heterocycles. The molecule has 0 radical (unpaired) electrons. The van der Waals surface area contributed by atoms with E-state index in [-0.39, 0.29) is 5.91 Å². The number of nitrogens with zero attached hydrogens (tertiary/aromatic N) is 2. The lowest BCUT2D eigenvalue weighted by molar-refractivity contribution is -0.130. The molecule has 0 unspecified atom stereocenters. The van der Waals surface area contributed by atoms with Gasteiger partial charge in [-0.15, -0.1) is 11.8 Å². The Morgan fingerprint density at radius 2 is 1.60 bits per heavy atom. The van der Waals surface area contributed by atoms with Crippen molar-refractivity contribution >= 4 is 33.6 Å². The maximum atomic E-state index is 12.4. The van der Waals surface area contributed by atoms with Gasteiger partial charge < -0.3 is 4.90 Å². The van der Waals surface area contributed by atoms with E-state index in [0.717, 1.165) is 42.9 Å². The highest BCUT2D eigenvalue weighted by atomic mass is 79.9. The zero-order valence-electron chi connectivity index (χ0n) is 14.2. The smallest absolute Gasteiger partial charge is 0.232 e. The number of rotatable bonds is 6. The van der Waals surface area contributed by atoms with E-state index < -0.39 is 0 Å². The van der Waals surface area contributed by atoms with Crippen LogP contribution in [0.1, 0.15) is 11.1 Å². The summed E-state index contributed by atoms with van der Waals surface area (Å²) in [6.45, 7) is 4.56. The van der Waals surface area contributed by atoms with Crippen molar-refractivity contribution < 1.29 is 4.79 Å². The van der Waals surface area contributed by atoms with Crippen LogP contribution in [0, 0.1) is 0 Å².